The Morgan fingerprint density at radius 1 is 1.47 bits per heavy atom. The molecule has 0 saturated heterocycles. The first-order valence-corrected chi connectivity index (χ1v) is 6.25. The quantitative estimate of drug-likeness (QED) is 0.437. The maximum Gasteiger partial charge on any atom is 0.132 e. The zero-order valence-electron chi connectivity index (χ0n) is 9.19. The molecule has 1 fully saturated rings. The van der Waals surface area contributed by atoms with Crippen LogP contribution in [0.15, 0.2) is 11.1 Å². The fourth-order valence-electron chi connectivity index (χ4n) is 1.39. The first-order chi connectivity index (χ1) is 7.29. The Balaban J connectivity index is 2.02. The van der Waals surface area contributed by atoms with E-state index in [1.165, 1.54) is 12.8 Å². The molecule has 0 aliphatic heterocycles. The van der Waals surface area contributed by atoms with Crippen molar-refractivity contribution in [1.82, 2.24) is 9.97 Å². The van der Waals surface area contributed by atoms with Crippen LogP contribution in [0.2, 0.25) is 0 Å². The molecule has 4 heteroatoms. The molecule has 1 aliphatic rings. The topological polar surface area (TPSA) is 35.0 Å². The molecule has 0 spiro atoms. The molecular formula is C11H16N2OS. The Morgan fingerprint density at radius 2 is 2.27 bits per heavy atom. The van der Waals surface area contributed by atoms with Crippen LogP contribution in [0.4, 0.5) is 0 Å². The normalized spacial score (nSPS) is 15.6. The summed E-state index contributed by atoms with van der Waals surface area (Å²) in [7, 11) is 1.72. The van der Waals surface area contributed by atoms with Crippen molar-refractivity contribution < 1.29 is 4.74 Å². The van der Waals surface area contributed by atoms with Gasteiger partial charge in [-0.1, -0.05) is 0 Å². The Kier molecular flexibility index (Phi) is 3.59. The molecule has 1 aliphatic carbocycles. The summed E-state index contributed by atoms with van der Waals surface area (Å²) in [5, 5.41) is 1.08. The van der Waals surface area contributed by atoms with E-state index < -0.39 is 0 Å². The van der Waals surface area contributed by atoms with E-state index in [0.717, 1.165) is 28.9 Å². The van der Waals surface area contributed by atoms with Gasteiger partial charge < -0.3 is 4.74 Å². The number of aromatic nitrogens is 2. The smallest absolute Gasteiger partial charge is 0.132 e. The zero-order valence-corrected chi connectivity index (χ0v) is 10.0. The third-order valence-electron chi connectivity index (χ3n) is 2.33. The van der Waals surface area contributed by atoms with Crippen LogP contribution in [-0.4, -0.2) is 29.4 Å². The number of hydrogen-bond acceptors (Lipinski definition) is 4. The second kappa shape index (κ2) is 4.94. The van der Waals surface area contributed by atoms with Gasteiger partial charge in [-0.05, 0) is 25.8 Å². The van der Waals surface area contributed by atoms with E-state index in [9.17, 15) is 0 Å². The minimum atomic E-state index is 0.631. The number of rotatable bonds is 5. The van der Waals surface area contributed by atoms with Crippen molar-refractivity contribution in [1.29, 1.82) is 0 Å². The molecule has 0 radical (unpaired) electrons. The molecule has 3 nitrogen and oxygen atoms in total. The summed E-state index contributed by atoms with van der Waals surface area (Å²) in [6.07, 6.45) is 2.51. The van der Waals surface area contributed by atoms with Crippen LogP contribution in [-0.2, 0) is 4.74 Å². The predicted molar refractivity (Wildman–Crippen MR) is 61.3 cm³/mol. The fourth-order valence-corrected chi connectivity index (χ4v) is 2.26. The average Bonchev–Trinajstić information content (AvgIpc) is 3.00. The Hall–Kier alpha value is -0.610. The van der Waals surface area contributed by atoms with Crippen molar-refractivity contribution in [2.24, 2.45) is 0 Å². The highest BCUT2D eigenvalue weighted by molar-refractivity contribution is 7.99. The van der Waals surface area contributed by atoms with Crippen molar-refractivity contribution in [2.75, 3.05) is 19.5 Å². The van der Waals surface area contributed by atoms with Gasteiger partial charge in [0.1, 0.15) is 10.9 Å². The molecule has 0 aromatic carbocycles. The van der Waals surface area contributed by atoms with E-state index in [-0.39, 0.29) is 0 Å². The van der Waals surface area contributed by atoms with E-state index >= 15 is 0 Å². The Morgan fingerprint density at radius 3 is 2.93 bits per heavy atom. The number of methoxy groups -OCH3 is 1. The lowest BCUT2D eigenvalue weighted by atomic mass is 10.3. The molecule has 1 heterocycles. The van der Waals surface area contributed by atoms with E-state index in [0.29, 0.717) is 5.92 Å². The van der Waals surface area contributed by atoms with Crippen molar-refractivity contribution >= 4 is 11.8 Å². The minimum absolute atomic E-state index is 0.631. The van der Waals surface area contributed by atoms with Crippen LogP contribution in [0.1, 0.15) is 30.3 Å². The number of ether oxygens (including phenoxy) is 1. The van der Waals surface area contributed by atoms with Gasteiger partial charge in [0.2, 0.25) is 0 Å². The molecular weight excluding hydrogens is 208 g/mol. The van der Waals surface area contributed by atoms with Gasteiger partial charge in [0.15, 0.2) is 0 Å². The molecule has 0 atom stereocenters. The highest BCUT2D eigenvalue weighted by atomic mass is 32.2. The van der Waals surface area contributed by atoms with Crippen LogP contribution in [0.3, 0.4) is 0 Å². The monoisotopic (exact) mass is 224 g/mol. The second-order valence-electron chi connectivity index (χ2n) is 3.82. The van der Waals surface area contributed by atoms with Crippen LogP contribution in [0.25, 0.3) is 0 Å². The van der Waals surface area contributed by atoms with Crippen LogP contribution < -0.4 is 0 Å². The van der Waals surface area contributed by atoms with Gasteiger partial charge in [-0.3, -0.25) is 0 Å². The van der Waals surface area contributed by atoms with Gasteiger partial charge >= 0.3 is 0 Å². The van der Waals surface area contributed by atoms with Crippen LogP contribution in [0, 0.1) is 6.92 Å². The molecule has 2 rings (SSSR count). The van der Waals surface area contributed by atoms with Crippen LogP contribution in [0.5, 0.6) is 0 Å². The molecule has 15 heavy (non-hydrogen) atoms. The molecule has 1 aromatic heterocycles. The summed E-state index contributed by atoms with van der Waals surface area (Å²) in [6, 6.07) is 2.05. The lowest BCUT2D eigenvalue weighted by Gasteiger charge is -2.04. The van der Waals surface area contributed by atoms with Crippen molar-refractivity contribution in [3.05, 3.63) is 17.6 Å². The van der Waals surface area contributed by atoms with Crippen LogP contribution >= 0.6 is 11.8 Å². The molecule has 1 aromatic rings. The summed E-state index contributed by atoms with van der Waals surface area (Å²) in [5.74, 6) is 2.62. The average molecular weight is 224 g/mol. The van der Waals surface area contributed by atoms with E-state index in [1.807, 2.05) is 13.0 Å². The largest absolute Gasteiger partial charge is 0.384 e. The van der Waals surface area contributed by atoms with Crippen molar-refractivity contribution in [2.45, 2.75) is 30.7 Å². The summed E-state index contributed by atoms with van der Waals surface area (Å²) in [5.41, 5.74) is 1.08. The zero-order chi connectivity index (χ0) is 10.7. The first-order valence-electron chi connectivity index (χ1n) is 5.27. The van der Waals surface area contributed by atoms with Gasteiger partial charge in [-0.15, -0.1) is 11.8 Å². The van der Waals surface area contributed by atoms with Crippen molar-refractivity contribution in [3.8, 4) is 0 Å². The third kappa shape index (κ3) is 3.18. The lowest BCUT2D eigenvalue weighted by Crippen LogP contribution is -1.98. The number of thioether (sulfide) groups is 1. The van der Waals surface area contributed by atoms with E-state index in [1.54, 1.807) is 18.9 Å². The van der Waals surface area contributed by atoms with Gasteiger partial charge in [-0.25, -0.2) is 9.97 Å². The van der Waals surface area contributed by atoms with E-state index in [4.69, 9.17) is 4.74 Å². The SMILES string of the molecule is COCCSc1cc(C)nc(C2CC2)n1. The third-order valence-corrected chi connectivity index (χ3v) is 3.20. The fraction of sp³-hybridized carbons (Fsp3) is 0.636. The Bertz CT molecular complexity index is 339. The Labute approximate surface area is 94.7 Å². The summed E-state index contributed by atoms with van der Waals surface area (Å²) in [4.78, 5) is 9.03. The maximum atomic E-state index is 5.02. The standard InChI is InChI=1S/C11H16N2OS/c1-8-7-10(15-6-5-14-2)13-11(12-8)9-3-4-9/h7,9H,3-6H2,1-2H3. The maximum absolute atomic E-state index is 5.02. The predicted octanol–water partition coefficient (Wildman–Crippen LogP) is 2.40. The van der Waals surface area contributed by atoms with Gasteiger partial charge in [-0.2, -0.15) is 0 Å². The molecule has 0 N–H and O–H groups in total. The van der Waals surface area contributed by atoms with Gasteiger partial charge in [0, 0.05) is 24.5 Å². The number of nitrogens with zero attached hydrogens (tertiary/aromatic N) is 2. The summed E-state index contributed by atoms with van der Waals surface area (Å²) >= 11 is 1.74. The molecule has 0 unspecified atom stereocenters. The highest BCUT2D eigenvalue weighted by Crippen LogP contribution is 2.38. The van der Waals surface area contributed by atoms with Crippen molar-refractivity contribution in [3.63, 3.8) is 0 Å². The first kappa shape index (κ1) is 10.9. The van der Waals surface area contributed by atoms with E-state index in [2.05, 4.69) is 9.97 Å². The van der Waals surface area contributed by atoms with Gasteiger partial charge in [0.05, 0.1) is 6.61 Å². The summed E-state index contributed by atoms with van der Waals surface area (Å²) < 4.78 is 5.02. The lowest BCUT2D eigenvalue weighted by molar-refractivity contribution is 0.218. The second-order valence-corrected chi connectivity index (χ2v) is 4.94. The molecule has 0 bridgehead atoms. The number of aryl methyl sites for hydroxylation is 1. The minimum Gasteiger partial charge on any atom is -0.384 e. The molecule has 0 amide bonds. The summed E-state index contributed by atoms with van der Waals surface area (Å²) in [6.45, 7) is 2.81. The van der Waals surface area contributed by atoms with Gasteiger partial charge in [0.25, 0.3) is 0 Å². The number of hydrogen-bond donors (Lipinski definition) is 0. The highest BCUT2D eigenvalue weighted by Gasteiger charge is 2.26. The molecule has 82 valence electrons. The molecule has 1 saturated carbocycles.